The summed E-state index contributed by atoms with van der Waals surface area (Å²) in [6.07, 6.45) is 0. The Morgan fingerprint density at radius 3 is 1.90 bits per heavy atom. The van der Waals surface area contributed by atoms with Crippen molar-refractivity contribution < 1.29 is 25.8 Å². The molecule has 1 aliphatic heterocycles. The molecule has 288 valence electrons. The first-order chi connectivity index (χ1) is 29.2. The summed E-state index contributed by atoms with van der Waals surface area (Å²) in [7, 11) is 0. The van der Waals surface area contributed by atoms with E-state index in [9.17, 15) is 0 Å². The molecule has 0 radical (unpaired) electrons. The van der Waals surface area contributed by atoms with Crippen molar-refractivity contribution in [2.45, 2.75) is 6.67 Å². The van der Waals surface area contributed by atoms with Crippen LogP contribution in [0.3, 0.4) is 0 Å². The summed E-state index contributed by atoms with van der Waals surface area (Å²) in [6.45, 7) is 2.62. The number of nitrogens with zero attached hydrogens (tertiary/aromatic N) is 4. The van der Waals surface area contributed by atoms with Gasteiger partial charge in [0.15, 0.2) is 0 Å². The second kappa shape index (κ2) is 15.9. The van der Waals surface area contributed by atoms with Gasteiger partial charge in [-0.3, -0.25) is 0 Å². The van der Waals surface area contributed by atoms with Gasteiger partial charge in [0.1, 0.15) is 0 Å². The zero-order valence-electron chi connectivity index (χ0n) is 32.4. The van der Waals surface area contributed by atoms with Crippen molar-refractivity contribution in [3.63, 3.8) is 0 Å². The van der Waals surface area contributed by atoms with Crippen LogP contribution in [0.2, 0.25) is 0 Å². The standard InChI is InChI=1S/C54H36N4O.Pt/c1-3-16-39(17-4-1)46-24-14-25-47(40-18-5-2-6-19-40)54(46)58-37-57(51-27-11-12-28-52(51)58)43-21-13-22-44(34-43)59-45-31-32-49-48-23-9-10-26-50(48)56(53(49)35-45)36-55-42-30-29-38-15-7-8-20-41(38)33-42;/h1-33,37H,36H2;/q-4;+4. The molecular weight excluding hydrogens is 916 g/mol. The second-order valence-corrected chi connectivity index (χ2v) is 14.6. The maximum atomic E-state index is 6.59. The number of aromatic nitrogens is 1. The third-order valence-corrected chi connectivity index (χ3v) is 11.1. The average molecular weight is 952 g/mol. The van der Waals surface area contributed by atoms with E-state index >= 15 is 0 Å². The van der Waals surface area contributed by atoms with E-state index in [0.29, 0.717) is 18.2 Å². The van der Waals surface area contributed by atoms with Crippen LogP contribution in [0.15, 0.2) is 200 Å². The Morgan fingerprint density at radius 2 is 1.13 bits per heavy atom. The van der Waals surface area contributed by atoms with Crippen molar-refractivity contribution in [1.82, 2.24) is 4.57 Å². The third kappa shape index (κ3) is 6.77. The summed E-state index contributed by atoms with van der Waals surface area (Å²) < 4.78 is 8.81. The van der Waals surface area contributed by atoms with Crippen LogP contribution in [0.25, 0.3) is 60.1 Å². The predicted octanol–water partition coefficient (Wildman–Crippen LogP) is 14.7. The molecule has 6 heteroatoms. The van der Waals surface area contributed by atoms with E-state index in [4.69, 9.17) is 10.1 Å². The van der Waals surface area contributed by atoms with Gasteiger partial charge in [0.25, 0.3) is 0 Å². The molecule has 0 saturated carbocycles. The van der Waals surface area contributed by atoms with Gasteiger partial charge < -0.3 is 24.4 Å². The molecule has 5 nitrogen and oxygen atoms in total. The maximum absolute atomic E-state index is 6.59. The van der Waals surface area contributed by atoms with E-state index in [1.54, 1.807) is 0 Å². The minimum absolute atomic E-state index is 0. The smallest absolute Gasteiger partial charge is 0.668 e. The molecule has 9 aromatic carbocycles. The fraction of sp³-hybridized carbons (Fsp3) is 0.0185. The molecule has 1 aromatic heterocycles. The molecule has 0 amide bonds. The molecule has 0 bridgehead atoms. The van der Waals surface area contributed by atoms with E-state index in [-0.39, 0.29) is 21.1 Å². The molecule has 60 heavy (non-hydrogen) atoms. The van der Waals surface area contributed by atoms with Crippen molar-refractivity contribution in [2.75, 3.05) is 9.80 Å². The zero-order chi connectivity index (χ0) is 39.1. The van der Waals surface area contributed by atoms with Crippen LogP contribution in [-0.2, 0) is 27.7 Å². The van der Waals surface area contributed by atoms with Crippen LogP contribution in [0.5, 0.6) is 11.5 Å². The summed E-state index contributed by atoms with van der Waals surface area (Å²) >= 11 is 0. The number of para-hydroxylation sites is 4. The van der Waals surface area contributed by atoms with E-state index in [1.807, 2.05) is 18.2 Å². The van der Waals surface area contributed by atoms with Crippen LogP contribution < -0.4 is 14.5 Å². The molecule has 0 atom stereocenters. The van der Waals surface area contributed by atoms with Crippen molar-refractivity contribution in [2.24, 2.45) is 0 Å². The molecule has 2 heterocycles. The largest absolute Gasteiger partial charge is 4.00 e. The number of anilines is 4. The maximum Gasteiger partial charge on any atom is 4.00 e. The van der Waals surface area contributed by atoms with Crippen molar-refractivity contribution >= 4 is 61.0 Å². The van der Waals surface area contributed by atoms with E-state index in [2.05, 4.69) is 215 Å². The minimum atomic E-state index is 0. The Hall–Kier alpha value is -7.07. The van der Waals surface area contributed by atoms with Gasteiger partial charge in [0, 0.05) is 45.2 Å². The van der Waals surface area contributed by atoms with E-state index in [0.717, 1.165) is 72.5 Å². The Kier molecular flexibility index (Phi) is 9.89. The Bertz CT molecular complexity index is 3090. The first kappa shape index (κ1) is 37.2. The number of ether oxygens (including phenoxy) is 1. The molecule has 0 aliphatic carbocycles. The van der Waals surface area contributed by atoms with Crippen LogP contribution in [0, 0.1) is 18.8 Å². The Labute approximate surface area is 364 Å². The second-order valence-electron chi connectivity index (χ2n) is 14.6. The van der Waals surface area contributed by atoms with Gasteiger partial charge in [-0.2, -0.15) is 12.1 Å². The molecule has 10 aromatic rings. The van der Waals surface area contributed by atoms with Crippen LogP contribution >= 0.6 is 0 Å². The number of hydrogen-bond donors (Lipinski definition) is 0. The van der Waals surface area contributed by atoms with E-state index in [1.165, 1.54) is 10.8 Å². The topological polar surface area (TPSA) is 34.7 Å². The molecule has 0 N–H and O–H groups in total. The number of benzene rings is 9. The third-order valence-electron chi connectivity index (χ3n) is 11.1. The van der Waals surface area contributed by atoms with Gasteiger partial charge in [-0.25, -0.2) is 0 Å². The Balaban J connectivity index is 0.00000433. The molecule has 0 unspecified atom stereocenters. The van der Waals surface area contributed by atoms with Crippen LogP contribution in [-0.4, -0.2) is 4.57 Å². The normalized spacial score (nSPS) is 12.1. The number of rotatable bonds is 9. The first-order valence-electron chi connectivity index (χ1n) is 19.8. The van der Waals surface area contributed by atoms with Crippen molar-refractivity contribution in [3.8, 4) is 33.8 Å². The summed E-state index contributed by atoms with van der Waals surface area (Å²) in [5.41, 5.74) is 11.7. The summed E-state index contributed by atoms with van der Waals surface area (Å²) in [5, 5.41) is 9.68. The van der Waals surface area contributed by atoms with Gasteiger partial charge in [0.05, 0.1) is 0 Å². The SMILES string of the molecule is [Pt+4].[c-]1c(Oc2[c-]c3c(cc2)c2ccccc2n3C[N-]c2ccc3ccccc3c2)cccc1N1[CH-]N(c2c(-c3ccccc3)cccc2-c2ccccc2)c2ccccc21. The molecule has 1 aliphatic rings. The summed E-state index contributed by atoms with van der Waals surface area (Å²) in [6, 6.07) is 76.8. The summed E-state index contributed by atoms with van der Waals surface area (Å²) in [5.74, 6) is 1.21. The fourth-order valence-electron chi connectivity index (χ4n) is 8.33. The molecular formula is C54H36N4OPt. The first-order valence-corrected chi connectivity index (χ1v) is 19.8. The zero-order valence-corrected chi connectivity index (χ0v) is 34.6. The molecule has 11 rings (SSSR count). The number of hydrogen-bond acceptors (Lipinski definition) is 3. The van der Waals surface area contributed by atoms with E-state index < -0.39 is 0 Å². The van der Waals surface area contributed by atoms with Crippen molar-refractivity contribution in [3.05, 3.63) is 224 Å². The van der Waals surface area contributed by atoms with Crippen molar-refractivity contribution in [1.29, 1.82) is 0 Å². The molecule has 0 spiro atoms. The summed E-state index contributed by atoms with van der Waals surface area (Å²) in [4.78, 5) is 4.50. The quantitative estimate of drug-likeness (QED) is 0.135. The Morgan fingerprint density at radius 1 is 0.500 bits per heavy atom. The van der Waals surface area contributed by atoms with Crippen LogP contribution in [0.4, 0.5) is 28.4 Å². The van der Waals surface area contributed by atoms with Gasteiger partial charge in [-0.1, -0.05) is 164 Å². The fourth-order valence-corrected chi connectivity index (χ4v) is 8.33. The molecule has 0 saturated heterocycles. The monoisotopic (exact) mass is 951 g/mol. The van der Waals surface area contributed by atoms with Gasteiger partial charge >= 0.3 is 21.1 Å². The van der Waals surface area contributed by atoms with Gasteiger partial charge in [0.2, 0.25) is 0 Å². The predicted molar refractivity (Wildman–Crippen MR) is 243 cm³/mol. The van der Waals surface area contributed by atoms with Gasteiger partial charge in [-0.05, 0) is 45.5 Å². The van der Waals surface area contributed by atoms with Crippen LogP contribution in [0.1, 0.15) is 0 Å². The average Bonchev–Trinajstić information content (AvgIpc) is 3.84. The molecule has 0 fully saturated rings. The van der Waals surface area contributed by atoms with Gasteiger partial charge in [-0.15, -0.1) is 53.8 Å². The minimum Gasteiger partial charge on any atom is -0.668 e. The number of fused-ring (bicyclic) bond motifs is 5.